The van der Waals surface area contributed by atoms with E-state index in [0.717, 1.165) is 6.04 Å². The Morgan fingerprint density at radius 1 is 1.45 bits per heavy atom. The lowest BCUT2D eigenvalue weighted by Crippen LogP contribution is -2.57. The van der Waals surface area contributed by atoms with Crippen LogP contribution in [0.15, 0.2) is 0 Å². The minimum atomic E-state index is -0.245. The van der Waals surface area contributed by atoms with Crippen molar-refractivity contribution in [3.8, 4) is 0 Å². The number of hydrogen-bond acceptors (Lipinski definition) is 3. The third-order valence-corrected chi connectivity index (χ3v) is 2.30. The molecule has 0 unspecified atom stereocenters. The molecule has 3 nitrogen and oxygen atoms in total. The Kier molecular flexibility index (Phi) is 2.88. The van der Waals surface area contributed by atoms with Gasteiger partial charge >= 0.3 is 5.97 Å². The van der Waals surface area contributed by atoms with Gasteiger partial charge in [-0.05, 0) is 25.9 Å². The van der Waals surface area contributed by atoms with E-state index in [0.29, 0.717) is 0 Å². The molecule has 0 amide bonds. The SMILES string of the molecule is C1CN2CCC12.COC(C)=O. The highest BCUT2D eigenvalue weighted by Gasteiger charge is 2.34. The predicted molar refractivity (Wildman–Crippen MR) is 42.3 cm³/mol. The van der Waals surface area contributed by atoms with Crippen molar-refractivity contribution in [2.75, 3.05) is 20.2 Å². The van der Waals surface area contributed by atoms with Gasteiger partial charge < -0.3 is 9.64 Å². The molecule has 11 heavy (non-hydrogen) atoms. The highest BCUT2D eigenvalue weighted by Crippen LogP contribution is 2.28. The van der Waals surface area contributed by atoms with Crippen molar-refractivity contribution in [3.63, 3.8) is 0 Å². The molecular weight excluding hydrogens is 142 g/mol. The van der Waals surface area contributed by atoms with E-state index in [1.54, 1.807) is 0 Å². The van der Waals surface area contributed by atoms with Crippen molar-refractivity contribution in [3.05, 3.63) is 0 Å². The van der Waals surface area contributed by atoms with Gasteiger partial charge in [0.15, 0.2) is 0 Å². The Morgan fingerprint density at radius 3 is 1.82 bits per heavy atom. The van der Waals surface area contributed by atoms with Crippen LogP contribution in [0, 0.1) is 0 Å². The molecule has 3 heteroatoms. The van der Waals surface area contributed by atoms with Crippen molar-refractivity contribution in [2.24, 2.45) is 0 Å². The quantitative estimate of drug-likeness (QED) is 0.483. The van der Waals surface area contributed by atoms with Crippen molar-refractivity contribution in [2.45, 2.75) is 25.8 Å². The molecular formula is C8H15NO2. The maximum Gasteiger partial charge on any atom is 0.302 e. The predicted octanol–water partition coefficient (Wildman–Crippen LogP) is 0.644. The summed E-state index contributed by atoms with van der Waals surface area (Å²) in [6, 6.07) is 1.05. The summed E-state index contributed by atoms with van der Waals surface area (Å²) in [4.78, 5) is 12.1. The molecule has 2 saturated heterocycles. The van der Waals surface area contributed by atoms with E-state index < -0.39 is 0 Å². The van der Waals surface area contributed by atoms with Crippen LogP contribution in [0.3, 0.4) is 0 Å². The second kappa shape index (κ2) is 3.72. The number of nitrogens with zero attached hydrogens (tertiary/aromatic N) is 1. The minimum Gasteiger partial charge on any atom is -0.469 e. The Labute approximate surface area is 67.3 Å². The molecule has 64 valence electrons. The van der Waals surface area contributed by atoms with Gasteiger partial charge in [-0.3, -0.25) is 4.79 Å². The summed E-state index contributed by atoms with van der Waals surface area (Å²) in [5, 5.41) is 0. The maximum atomic E-state index is 9.59. The summed E-state index contributed by atoms with van der Waals surface area (Å²) in [7, 11) is 1.35. The molecule has 0 aliphatic carbocycles. The molecule has 2 aliphatic heterocycles. The van der Waals surface area contributed by atoms with Crippen LogP contribution in [0.5, 0.6) is 0 Å². The van der Waals surface area contributed by atoms with Crippen molar-refractivity contribution in [1.82, 2.24) is 4.90 Å². The molecule has 0 N–H and O–H groups in total. The van der Waals surface area contributed by atoms with Crippen molar-refractivity contribution in [1.29, 1.82) is 0 Å². The number of piperidine rings is 1. The van der Waals surface area contributed by atoms with E-state index in [-0.39, 0.29) is 5.97 Å². The van der Waals surface area contributed by atoms with E-state index in [1.165, 1.54) is 40.0 Å². The molecule has 0 atom stereocenters. The summed E-state index contributed by atoms with van der Waals surface area (Å²) < 4.78 is 4.11. The van der Waals surface area contributed by atoms with E-state index >= 15 is 0 Å². The van der Waals surface area contributed by atoms with E-state index in [1.807, 2.05) is 0 Å². The molecule has 0 saturated carbocycles. The molecule has 2 fully saturated rings. The summed E-state index contributed by atoms with van der Waals surface area (Å²) in [5.41, 5.74) is 0. The Balaban J connectivity index is 0.000000114. The zero-order valence-electron chi connectivity index (χ0n) is 7.17. The molecule has 2 aliphatic rings. The first kappa shape index (κ1) is 8.53. The molecule has 0 aromatic rings. The number of carbonyl (C=O) groups is 1. The van der Waals surface area contributed by atoms with E-state index in [2.05, 4.69) is 9.64 Å². The van der Waals surface area contributed by atoms with Gasteiger partial charge in [-0.2, -0.15) is 0 Å². The topological polar surface area (TPSA) is 29.5 Å². The van der Waals surface area contributed by atoms with Crippen LogP contribution in [0.1, 0.15) is 19.8 Å². The first-order valence-electron chi connectivity index (χ1n) is 4.02. The lowest BCUT2D eigenvalue weighted by molar-refractivity contribution is -0.137. The normalized spacial score (nSPS) is 21.6. The van der Waals surface area contributed by atoms with Gasteiger partial charge in [0.25, 0.3) is 0 Å². The van der Waals surface area contributed by atoms with E-state index in [4.69, 9.17) is 0 Å². The largest absolute Gasteiger partial charge is 0.469 e. The average molecular weight is 157 g/mol. The van der Waals surface area contributed by atoms with Crippen molar-refractivity contribution >= 4 is 5.97 Å². The Bertz CT molecular complexity index is 129. The molecule has 0 aromatic heterocycles. The van der Waals surface area contributed by atoms with Gasteiger partial charge in [-0.25, -0.2) is 0 Å². The van der Waals surface area contributed by atoms with Crippen LogP contribution in [-0.2, 0) is 9.53 Å². The zero-order chi connectivity index (χ0) is 8.27. The van der Waals surface area contributed by atoms with Gasteiger partial charge in [0.1, 0.15) is 0 Å². The second-order valence-electron chi connectivity index (χ2n) is 2.96. The number of methoxy groups -OCH3 is 1. The first-order chi connectivity index (χ1) is 5.24. The Hall–Kier alpha value is -0.570. The summed E-state index contributed by atoms with van der Waals surface area (Å²) in [6.45, 7) is 4.15. The lowest BCUT2D eigenvalue weighted by Gasteiger charge is -2.50. The fourth-order valence-corrected chi connectivity index (χ4v) is 1.24. The molecule has 2 rings (SSSR count). The number of hydrogen-bond donors (Lipinski definition) is 0. The highest BCUT2D eigenvalue weighted by molar-refractivity contribution is 5.65. The third kappa shape index (κ3) is 2.19. The van der Waals surface area contributed by atoms with E-state index in [9.17, 15) is 4.79 Å². The van der Waals surface area contributed by atoms with Gasteiger partial charge in [-0.15, -0.1) is 0 Å². The fourth-order valence-electron chi connectivity index (χ4n) is 1.24. The molecule has 0 bridgehead atoms. The summed E-state index contributed by atoms with van der Waals surface area (Å²) >= 11 is 0. The van der Waals surface area contributed by atoms with Crippen LogP contribution in [0.25, 0.3) is 0 Å². The smallest absolute Gasteiger partial charge is 0.302 e. The molecule has 0 aromatic carbocycles. The number of fused-ring (bicyclic) bond motifs is 1. The van der Waals surface area contributed by atoms with Crippen LogP contribution in [-0.4, -0.2) is 37.1 Å². The molecule has 0 spiro atoms. The summed E-state index contributed by atoms with van der Waals surface area (Å²) in [5.74, 6) is -0.245. The second-order valence-corrected chi connectivity index (χ2v) is 2.96. The van der Waals surface area contributed by atoms with Crippen LogP contribution < -0.4 is 0 Å². The average Bonchev–Trinajstić information content (AvgIpc) is 1.98. The number of rotatable bonds is 0. The Morgan fingerprint density at radius 2 is 1.82 bits per heavy atom. The minimum absolute atomic E-state index is 0.245. The number of carbonyl (C=O) groups excluding carboxylic acids is 1. The third-order valence-electron chi connectivity index (χ3n) is 2.30. The molecule has 0 radical (unpaired) electrons. The standard InChI is InChI=1S/C5H9N.C3H6O2/c1-3-6-4-2-5(1)6;1-3(4)5-2/h5H,1-4H2;1-2H3. The first-order valence-corrected chi connectivity index (χ1v) is 4.02. The van der Waals surface area contributed by atoms with Gasteiger partial charge in [0.2, 0.25) is 0 Å². The number of ether oxygens (including phenoxy) is 1. The lowest BCUT2D eigenvalue weighted by atomic mass is 9.91. The monoisotopic (exact) mass is 157 g/mol. The van der Waals surface area contributed by atoms with Crippen molar-refractivity contribution < 1.29 is 9.53 Å². The van der Waals surface area contributed by atoms with Crippen LogP contribution >= 0.6 is 0 Å². The van der Waals surface area contributed by atoms with Crippen LogP contribution in [0.2, 0.25) is 0 Å². The molecule has 2 heterocycles. The van der Waals surface area contributed by atoms with Gasteiger partial charge in [0, 0.05) is 13.0 Å². The highest BCUT2D eigenvalue weighted by atomic mass is 16.5. The fraction of sp³-hybridized carbons (Fsp3) is 0.875. The van der Waals surface area contributed by atoms with Gasteiger partial charge in [0.05, 0.1) is 7.11 Å². The number of esters is 1. The van der Waals surface area contributed by atoms with Crippen LogP contribution in [0.4, 0.5) is 0 Å². The maximum absolute atomic E-state index is 9.59. The summed E-state index contributed by atoms with van der Waals surface area (Å²) in [6.07, 6.45) is 2.97. The van der Waals surface area contributed by atoms with Gasteiger partial charge in [-0.1, -0.05) is 0 Å². The zero-order valence-corrected chi connectivity index (χ0v) is 7.17.